The van der Waals surface area contributed by atoms with E-state index in [1.807, 2.05) is 6.92 Å². The Morgan fingerprint density at radius 3 is 2.49 bits per heavy atom. The first kappa shape index (κ1) is 29.5. The number of aliphatic hydroxyl groups excluding tert-OH is 1. The summed E-state index contributed by atoms with van der Waals surface area (Å²) in [4.78, 5) is 45.7. The molecule has 1 amide bonds. The molecule has 1 N–H and O–H groups in total. The number of ether oxygens (including phenoxy) is 4. The van der Waals surface area contributed by atoms with Gasteiger partial charge in [0.15, 0.2) is 0 Å². The molecule has 35 heavy (non-hydrogen) atoms. The molecule has 0 saturated heterocycles. The summed E-state index contributed by atoms with van der Waals surface area (Å²) in [7, 11) is 2.93. The fraction of sp³-hybridized carbons (Fsp3) is 0.440. The molecule has 1 aromatic rings. The van der Waals surface area contributed by atoms with Crippen LogP contribution in [0.2, 0.25) is 0 Å². The Hall–Kier alpha value is -3.50. The summed E-state index contributed by atoms with van der Waals surface area (Å²) in [6, 6.07) is 5.21. The standard InChI is InChI=1S/C25H33NO9/c1-4-25(17-29,19-35-24(31)16-26(2)23(30)8-6-12-28)18-33-13-14-34-21-10-9-20(7-5-11-27)22(15-21)32-3/h5-12,15,29H,4,13-14,16-19H2,1-3H3/b7-5-,8-6-. The van der Waals surface area contributed by atoms with Gasteiger partial charge in [-0.1, -0.05) is 6.92 Å². The summed E-state index contributed by atoms with van der Waals surface area (Å²) in [5.74, 6) is -0.0322. The first-order chi connectivity index (χ1) is 16.8. The normalized spacial score (nSPS) is 12.8. The maximum absolute atomic E-state index is 12.1. The predicted octanol–water partition coefficient (Wildman–Crippen LogP) is 1.45. The third-order valence-corrected chi connectivity index (χ3v) is 5.15. The van der Waals surface area contributed by atoms with E-state index in [1.165, 1.54) is 20.2 Å². The van der Waals surface area contributed by atoms with Crippen molar-refractivity contribution in [2.45, 2.75) is 13.3 Å². The number of hydrogen-bond donors (Lipinski definition) is 1. The van der Waals surface area contributed by atoms with Crippen molar-refractivity contribution in [3.05, 3.63) is 42.0 Å². The van der Waals surface area contributed by atoms with Gasteiger partial charge in [0.2, 0.25) is 5.91 Å². The number of carbonyl (C=O) groups is 4. The van der Waals surface area contributed by atoms with Crippen molar-refractivity contribution in [1.82, 2.24) is 4.90 Å². The number of carbonyl (C=O) groups excluding carboxylic acids is 4. The lowest BCUT2D eigenvalue weighted by atomic mass is 9.88. The topological polar surface area (TPSA) is 129 Å². The van der Waals surface area contributed by atoms with Crippen LogP contribution in [-0.4, -0.2) is 88.2 Å². The zero-order valence-electron chi connectivity index (χ0n) is 20.3. The molecule has 0 aromatic heterocycles. The number of aliphatic hydroxyl groups is 1. The number of nitrogens with zero attached hydrogens (tertiary/aromatic N) is 1. The summed E-state index contributed by atoms with van der Waals surface area (Å²) in [6.45, 7) is 1.79. The summed E-state index contributed by atoms with van der Waals surface area (Å²) >= 11 is 0. The highest BCUT2D eigenvalue weighted by atomic mass is 16.5. The van der Waals surface area contributed by atoms with Gasteiger partial charge in [0.1, 0.15) is 43.8 Å². The second-order valence-electron chi connectivity index (χ2n) is 7.66. The van der Waals surface area contributed by atoms with E-state index in [0.29, 0.717) is 30.5 Å². The summed E-state index contributed by atoms with van der Waals surface area (Å²) in [5.41, 5.74) is -0.0627. The van der Waals surface area contributed by atoms with Crippen molar-refractivity contribution >= 4 is 30.5 Å². The number of benzene rings is 1. The van der Waals surface area contributed by atoms with Crippen molar-refractivity contribution in [2.24, 2.45) is 5.41 Å². The lowest BCUT2D eigenvalue weighted by Crippen LogP contribution is -2.39. The van der Waals surface area contributed by atoms with Crippen LogP contribution in [0.4, 0.5) is 0 Å². The van der Waals surface area contributed by atoms with Gasteiger partial charge >= 0.3 is 5.97 Å². The average molecular weight is 492 g/mol. The van der Waals surface area contributed by atoms with Gasteiger partial charge < -0.3 is 29.0 Å². The molecule has 0 aliphatic heterocycles. The molecule has 10 heteroatoms. The van der Waals surface area contributed by atoms with Crippen molar-refractivity contribution in [3.63, 3.8) is 0 Å². The number of rotatable bonds is 17. The summed E-state index contributed by atoms with van der Waals surface area (Å²) in [5, 5.41) is 9.89. The first-order valence-corrected chi connectivity index (χ1v) is 11.0. The Bertz CT molecular complexity index is 891. The first-order valence-electron chi connectivity index (χ1n) is 11.0. The van der Waals surface area contributed by atoms with Gasteiger partial charge in [0.05, 0.1) is 32.3 Å². The largest absolute Gasteiger partial charge is 0.496 e. The molecule has 0 bridgehead atoms. The van der Waals surface area contributed by atoms with Crippen LogP contribution in [0.25, 0.3) is 6.08 Å². The Morgan fingerprint density at radius 2 is 1.86 bits per heavy atom. The van der Waals surface area contributed by atoms with Gasteiger partial charge in [-0.25, -0.2) is 0 Å². The fourth-order valence-corrected chi connectivity index (χ4v) is 2.82. The molecular weight excluding hydrogens is 458 g/mol. The quantitative estimate of drug-likeness (QED) is 0.149. The average Bonchev–Trinajstić information content (AvgIpc) is 2.87. The van der Waals surface area contributed by atoms with Gasteiger partial charge in [-0.2, -0.15) is 0 Å². The monoisotopic (exact) mass is 491 g/mol. The molecule has 10 nitrogen and oxygen atoms in total. The predicted molar refractivity (Wildman–Crippen MR) is 128 cm³/mol. The van der Waals surface area contributed by atoms with Crippen molar-refractivity contribution in [1.29, 1.82) is 0 Å². The smallest absolute Gasteiger partial charge is 0.325 e. The molecule has 192 valence electrons. The van der Waals surface area contributed by atoms with Crippen LogP contribution in [0, 0.1) is 5.41 Å². The van der Waals surface area contributed by atoms with E-state index in [9.17, 15) is 24.3 Å². The highest BCUT2D eigenvalue weighted by Crippen LogP contribution is 2.26. The van der Waals surface area contributed by atoms with Gasteiger partial charge in [-0.3, -0.25) is 19.2 Å². The van der Waals surface area contributed by atoms with E-state index in [1.54, 1.807) is 24.3 Å². The Labute approximate surface area is 205 Å². The van der Waals surface area contributed by atoms with E-state index in [4.69, 9.17) is 18.9 Å². The number of methoxy groups -OCH3 is 1. The minimum atomic E-state index is -0.800. The molecule has 1 atom stereocenters. The molecule has 0 spiro atoms. The third kappa shape index (κ3) is 10.5. The number of aldehydes is 2. The van der Waals surface area contributed by atoms with E-state index < -0.39 is 17.3 Å². The Balaban J connectivity index is 2.51. The second kappa shape index (κ2) is 16.2. The van der Waals surface area contributed by atoms with E-state index in [-0.39, 0.29) is 39.6 Å². The molecule has 0 radical (unpaired) electrons. The van der Waals surface area contributed by atoms with Gasteiger partial charge in [0.25, 0.3) is 0 Å². The lowest BCUT2D eigenvalue weighted by Gasteiger charge is -2.30. The number of hydrogen-bond acceptors (Lipinski definition) is 9. The number of amides is 1. The molecule has 0 saturated carbocycles. The van der Waals surface area contributed by atoms with Gasteiger partial charge in [-0.05, 0) is 36.8 Å². The number of likely N-dealkylation sites (N-methyl/N-ethyl adjacent to an activating group) is 1. The molecule has 1 unspecified atom stereocenters. The zero-order valence-corrected chi connectivity index (χ0v) is 20.3. The van der Waals surface area contributed by atoms with Crippen LogP contribution in [0.1, 0.15) is 18.9 Å². The summed E-state index contributed by atoms with van der Waals surface area (Å²) in [6.07, 6.45) is 6.73. The molecule has 1 rings (SSSR count). The van der Waals surface area contributed by atoms with Crippen molar-refractivity contribution < 1.29 is 43.2 Å². The van der Waals surface area contributed by atoms with E-state index in [2.05, 4.69) is 0 Å². The highest BCUT2D eigenvalue weighted by molar-refractivity contribution is 5.92. The van der Waals surface area contributed by atoms with Gasteiger partial charge in [-0.15, -0.1) is 0 Å². The minimum absolute atomic E-state index is 0.0845. The third-order valence-electron chi connectivity index (χ3n) is 5.15. The minimum Gasteiger partial charge on any atom is -0.496 e. The molecule has 0 aliphatic carbocycles. The highest BCUT2D eigenvalue weighted by Gasteiger charge is 2.30. The van der Waals surface area contributed by atoms with Crippen LogP contribution < -0.4 is 9.47 Å². The molecule has 0 aliphatic rings. The molecule has 0 fully saturated rings. The Kier molecular flexibility index (Phi) is 13.7. The fourth-order valence-electron chi connectivity index (χ4n) is 2.82. The van der Waals surface area contributed by atoms with Crippen LogP contribution in [-0.2, 0) is 28.7 Å². The zero-order chi connectivity index (χ0) is 26.1. The van der Waals surface area contributed by atoms with E-state index >= 15 is 0 Å². The van der Waals surface area contributed by atoms with Crippen LogP contribution >= 0.6 is 0 Å². The maximum Gasteiger partial charge on any atom is 0.325 e. The molecule has 0 heterocycles. The summed E-state index contributed by atoms with van der Waals surface area (Å²) < 4.78 is 21.9. The van der Waals surface area contributed by atoms with Crippen LogP contribution in [0.3, 0.4) is 0 Å². The van der Waals surface area contributed by atoms with Crippen LogP contribution in [0.15, 0.2) is 36.4 Å². The van der Waals surface area contributed by atoms with Gasteiger partial charge in [0, 0.05) is 24.8 Å². The number of allylic oxidation sites excluding steroid dienone is 2. The second-order valence-corrected chi connectivity index (χ2v) is 7.66. The van der Waals surface area contributed by atoms with Crippen molar-refractivity contribution in [2.75, 3.05) is 53.7 Å². The lowest BCUT2D eigenvalue weighted by molar-refractivity contribution is -0.153. The molecular formula is C25H33NO9. The Morgan fingerprint density at radius 1 is 1.11 bits per heavy atom. The SMILES string of the molecule is CCC(CO)(COCCOc1ccc(/C=C\C=O)c(OC)c1)COC(=O)CN(C)C(=O)/C=C\C=O. The van der Waals surface area contributed by atoms with E-state index in [0.717, 1.165) is 22.6 Å². The van der Waals surface area contributed by atoms with Crippen LogP contribution in [0.5, 0.6) is 11.5 Å². The molecule has 1 aromatic carbocycles. The van der Waals surface area contributed by atoms with Crippen molar-refractivity contribution in [3.8, 4) is 11.5 Å². The number of esters is 1. The maximum atomic E-state index is 12.1.